The second-order valence-corrected chi connectivity index (χ2v) is 2.07. The molecular weight excluding hydrogens is 196 g/mol. The molecule has 0 unspecified atom stereocenters. The standard InChI is InChI=1S/C7H12O2.2O.Ti/c1-3-5-6-9-7(8)4-2;;;/h4H,2-3,5-6H2,1H3;;;. The molecule has 0 saturated heterocycles. The number of hydrogen-bond donors (Lipinski definition) is 0. The summed E-state index contributed by atoms with van der Waals surface area (Å²) in [6.07, 6.45) is 3.15. The van der Waals surface area contributed by atoms with Gasteiger partial charge in [-0.25, -0.2) is 4.79 Å². The van der Waals surface area contributed by atoms with E-state index in [0.717, 1.165) is 12.8 Å². The number of unbranched alkanes of at least 4 members (excludes halogenated alkanes) is 1. The second kappa shape index (κ2) is 13.1. The number of carbonyl (C=O) groups is 1. The maximum atomic E-state index is 10.3. The van der Waals surface area contributed by atoms with Crippen molar-refractivity contribution in [2.75, 3.05) is 6.61 Å². The topological polar surface area (TPSA) is 60.4 Å². The fraction of sp³-hybridized carbons (Fsp3) is 0.571. The molecule has 0 bridgehead atoms. The molecule has 0 aromatic rings. The summed E-state index contributed by atoms with van der Waals surface area (Å²) >= 11 is -2.00. The van der Waals surface area contributed by atoms with Crippen LogP contribution in [0.25, 0.3) is 0 Å². The summed E-state index contributed by atoms with van der Waals surface area (Å²) < 4.78 is 21.7. The van der Waals surface area contributed by atoms with E-state index in [1.807, 2.05) is 6.92 Å². The van der Waals surface area contributed by atoms with E-state index in [9.17, 15) is 4.79 Å². The normalized spacial score (nSPS) is 7.08. The van der Waals surface area contributed by atoms with Crippen LogP contribution in [-0.2, 0) is 35.3 Å². The number of hydrogen-bond acceptors (Lipinski definition) is 4. The van der Waals surface area contributed by atoms with Crippen LogP contribution in [0.4, 0.5) is 0 Å². The molecule has 0 N–H and O–H groups in total. The van der Waals surface area contributed by atoms with E-state index in [1.165, 1.54) is 6.08 Å². The van der Waals surface area contributed by atoms with Gasteiger partial charge in [-0.15, -0.1) is 0 Å². The minimum atomic E-state index is -2.00. The summed E-state index contributed by atoms with van der Waals surface area (Å²) in [6, 6.07) is 0. The van der Waals surface area contributed by atoms with E-state index < -0.39 is 19.1 Å². The summed E-state index contributed by atoms with van der Waals surface area (Å²) in [5, 5.41) is 0. The van der Waals surface area contributed by atoms with Gasteiger partial charge in [-0.3, -0.25) is 0 Å². The van der Waals surface area contributed by atoms with Gasteiger partial charge in [0.15, 0.2) is 0 Å². The van der Waals surface area contributed by atoms with E-state index in [1.54, 1.807) is 0 Å². The summed E-state index contributed by atoms with van der Waals surface area (Å²) in [5.41, 5.74) is 0. The van der Waals surface area contributed by atoms with Gasteiger partial charge in [0.2, 0.25) is 0 Å². The van der Waals surface area contributed by atoms with Crippen molar-refractivity contribution >= 4 is 5.97 Å². The molecule has 0 atom stereocenters. The van der Waals surface area contributed by atoms with E-state index in [-0.39, 0.29) is 5.97 Å². The Labute approximate surface area is 80.6 Å². The first-order valence-electron chi connectivity index (χ1n) is 3.51. The van der Waals surface area contributed by atoms with Crippen LogP contribution in [0.2, 0.25) is 0 Å². The van der Waals surface area contributed by atoms with Crippen molar-refractivity contribution in [3.05, 3.63) is 12.7 Å². The van der Waals surface area contributed by atoms with Gasteiger partial charge in [0.1, 0.15) is 0 Å². The first-order valence-corrected chi connectivity index (χ1v) is 4.78. The van der Waals surface area contributed by atoms with Crippen molar-refractivity contribution in [2.24, 2.45) is 0 Å². The van der Waals surface area contributed by atoms with Crippen molar-refractivity contribution in [3.8, 4) is 0 Å². The predicted octanol–water partition coefficient (Wildman–Crippen LogP) is 1.28. The molecule has 0 amide bonds. The molecule has 0 aliphatic heterocycles. The SMILES string of the molecule is C=CC(=O)OCCCC.[O]=[Ti]=[O]. The van der Waals surface area contributed by atoms with Crippen molar-refractivity contribution in [3.63, 3.8) is 0 Å². The Hall–Kier alpha value is -0.476. The van der Waals surface area contributed by atoms with Crippen LogP contribution in [0.3, 0.4) is 0 Å². The van der Waals surface area contributed by atoms with Crippen LogP contribution in [0.5, 0.6) is 0 Å². The average molecular weight is 208 g/mol. The molecule has 4 nitrogen and oxygen atoms in total. The van der Waals surface area contributed by atoms with Crippen molar-refractivity contribution in [2.45, 2.75) is 19.8 Å². The molecule has 0 aliphatic carbocycles. The zero-order chi connectivity index (χ0) is 9.82. The molecule has 0 aliphatic rings. The fourth-order valence-electron chi connectivity index (χ4n) is 0.376. The van der Waals surface area contributed by atoms with E-state index >= 15 is 0 Å². The minimum absolute atomic E-state index is 0.330. The quantitative estimate of drug-likeness (QED) is 0.302. The molecule has 0 radical (unpaired) electrons. The summed E-state index contributed by atoms with van der Waals surface area (Å²) in [4.78, 5) is 10.3. The number of carbonyl (C=O) groups excluding carboxylic acids is 1. The second-order valence-electron chi connectivity index (χ2n) is 1.81. The third-order valence-corrected chi connectivity index (χ3v) is 0.909. The molecule has 5 heteroatoms. The third-order valence-electron chi connectivity index (χ3n) is 0.909. The molecular formula is C7H12O4Ti. The Morgan fingerprint density at radius 2 is 2.08 bits per heavy atom. The van der Waals surface area contributed by atoms with Gasteiger partial charge in [-0.05, 0) is 6.42 Å². The van der Waals surface area contributed by atoms with E-state index in [4.69, 9.17) is 6.65 Å². The number of rotatable bonds is 4. The first-order chi connectivity index (χ1) is 5.72. The van der Waals surface area contributed by atoms with Gasteiger partial charge in [-0.2, -0.15) is 0 Å². The first kappa shape index (κ1) is 14.1. The maximum absolute atomic E-state index is 10.3. The van der Waals surface area contributed by atoms with Crippen LogP contribution in [0, 0.1) is 0 Å². The molecule has 68 valence electrons. The summed E-state index contributed by atoms with van der Waals surface area (Å²) in [5.74, 6) is -0.330. The molecule has 0 fully saturated rings. The molecule has 0 spiro atoms. The molecule has 12 heavy (non-hydrogen) atoms. The van der Waals surface area contributed by atoms with Gasteiger partial charge < -0.3 is 4.74 Å². The van der Waals surface area contributed by atoms with Crippen LogP contribution in [-0.4, -0.2) is 12.6 Å². The molecule has 0 aromatic heterocycles. The zero-order valence-electron chi connectivity index (χ0n) is 7.04. The van der Waals surface area contributed by atoms with E-state index in [0.29, 0.717) is 6.61 Å². The van der Waals surface area contributed by atoms with Crippen LogP contribution in [0.1, 0.15) is 19.8 Å². The molecule has 0 saturated carbocycles. The fourth-order valence-corrected chi connectivity index (χ4v) is 0.376. The number of ether oxygens (including phenoxy) is 1. The molecule has 0 rings (SSSR count). The van der Waals surface area contributed by atoms with Gasteiger partial charge in [0, 0.05) is 6.08 Å². The van der Waals surface area contributed by atoms with Crippen LogP contribution in [0.15, 0.2) is 12.7 Å². The zero-order valence-corrected chi connectivity index (χ0v) is 8.60. The van der Waals surface area contributed by atoms with Crippen molar-refractivity contribution < 1.29 is 35.3 Å². The Kier molecular flexibility index (Phi) is 15.4. The van der Waals surface area contributed by atoms with E-state index in [2.05, 4.69) is 11.3 Å². The number of esters is 1. The van der Waals surface area contributed by atoms with Crippen molar-refractivity contribution in [1.82, 2.24) is 0 Å². The van der Waals surface area contributed by atoms with Gasteiger partial charge in [-0.1, -0.05) is 19.9 Å². The third kappa shape index (κ3) is 16.3. The average Bonchev–Trinajstić information content (AvgIpc) is 2.06. The van der Waals surface area contributed by atoms with Gasteiger partial charge in [0.05, 0.1) is 6.61 Å². The Bertz CT molecular complexity index is 161. The monoisotopic (exact) mass is 208 g/mol. The molecule has 0 heterocycles. The van der Waals surface area contributed by atoms with Gasteiger partial charge in [0.25, 0.3) is 0 Å². The summed E-state index contributed by atoms with van der Waals surface area (Å²) in [6.45, 7) is 5.82. The van der Waals surface area contributed by atoms with Crippen LogP contribution < -0.4 is 0 Å². The Morgan fingerprint density at radius 1 is 1.58 bits per heavy atom. The summed E-state index contributed by atoms with van der Waals surface area (Å²) in [7, 11) is 0. The Morgan fingerprint density at radius 3 is 2.42 bits per heavy atom. The van der Waals surface area contributed by atoms with Gasteiger partial charge >= 0.3 is 31.7 Å². The Balaban J connectivity index is 0. The predicted molar refractivity (Wildman–Crippen MR) is 37.4 cm³/mol. The molecule has 0 aromatic carbocycles. The van der Waals surface area contributed by atoms with Crippen LogP contribution >= 0.6 is 0 Å². The van der Waals surface area contributed by atoms with Crippen molar-refractivity contribution in [1.29, 1.82) is 0 Å².